The van der Waals surface area contributed by atoms with E-state index in [1.54, 1.807) is 28.9 Å². The molecule has 1 aromatic carbocycles. The number of ketones is 1. The number of hydrogen-bond donors (Lipinski definition) is 0. The summed E-state index contributed by atoms with van der Waals surface area (Å²) in [6.45, 7) is 2.62. The van der Waals surface area contributed by atoms with Gasteiger partial charge in [-0.05, 0) is 24.6 Å². The molecule has 0 aliphatic rings. The number of benzene rings is 1. The van der Waals surface area contributed by atoms with Gasteiger partial charge in [0.1, 0.15) is 11.4 Å². The van der Waals surface area contributed by atoms with Crippen LogP contribution < -0.4 is 4.74 Å². The second-order valence-electron chi connectivity index (χ2n) is 4.01. The molecular formula is C13H14ClN3O2. The van der Waals surface area contributed by atoms with Crippen LogP contribution in [0.3, 0.4) is 0 Å². The molecule has 19 heavy (non-hydrogen) atoms. The van der Waals surface area contributed by atoms with Gasteiger partial charge in [-0.15, -0.1) is 5.10 Å². The predicted octanol–water partition coefficient (Wildman–Crippen LogP) is 2.60. The Morgan fingerprint density at radius 1 is 1.47 bits per heavy atom. The highest BCUT2D eigenvalue weighted by Crippen LogP contribution is 2.17. The first-order chi connectivity index (χ1) is 9.20. The van der Waals surface area contributed by atoms with Crippen molar-refractivity contribution in [3.05, 3.63) is 41.2 Å². The molecule has 1 heterocycles. The van der Waals surface area contributed by atoms with Crippen molar-refractivity contribution in [1.82, 2.24) is 15.0 Å². The van der Waals surface area contributed by atoms with E-state index in [-0.39, 0.29) is 12.4 Å². The molecule has 1 aromatic heterocycles. The minimum atomic E-state index is -0.154. The maximum Gasteiger partial charge on any atom is 0.219 e. The molecule has 0 N–H and O–H groups in total. The van der Waals surface area contributed by atoms with Crippen LogP contribution in [0.15, 0.2) is 30.5 Å². The summed E-state index contributed by atoms with van der Waals surface area (Å²) in [6, 6.07) is 6.93. The van der Waals surface area contributed by atoms with E-state index in [1.807, 2.05) is 6.92 Å². The summed E-state index contributed by atoms with van der Waals surface area (Å²) in [5.41, 5.74) is 0.462. The van der Waals surface area contributed by atoms with Gasteiger partial charge in [0.05, 0.1) is 6.20 Å². The molecule has 0 atom stereocenters. The molecule has 0 bridgehead atoms. The maximum absolute atomic E-state index is 12.0. The van der Waals surface area contributed by atoms with Crippen LogP contribution in [0.1, 0.15) is 23.8 Å². The largest absolute Gasteiger partial charge is 0.485 e. The zero-order valence-corrected chi connectivity index (χ0v) is 11.3. The molecule has 0 radical (unpaired) electrons. The Balaban J connectivity index is 1.99. The first-order valence-electron chi connectivity index (χ1n) is 6.00. The Kier molecular flexibility index (Phi) is 4.52. The zero-order valence-electron chi connectivity index (χ0n) is 10.5. The monoisotopic (exact) mass is 279 g/mol. The zero-order chi connectivity index (χ0) is 13.7. The third kappa shape index (κ3) is 3.54. The van der Waals surface area contributed by atoms with Crippen molar-refractivity contribution in [3.8, 4) is 5.75 Å². The average Bonchev–Trinajstić information content (AvgIpc) is 2.85. The second kappa shape index (κ2) is 6.33. The summed E-state index contributed by atoms with van der Waals surface area (Å²) in [7, 11) is 0. The molecule has 5 nitrogen and oxygen atoms in total. The molecule has 0 aliphatic carbocycles. The van der Waals surface area contributed by atoms with Gasteiger partial charge in [0.15, 0.2) is 6.61 Å². The van der Waals surface area contributed by atoms with Gasteiger partial charge in [0.2, 0.25) is 5.78 Å². The maximum atomic E-state index is 12.0. The average molecular weight is 280 g/mol. The van der Waals surface area contributed by atoms with Crippen molar-refractivity contribution in [3.63, 3.8) is 0 Å². The third-order valence-electron chi connectivity index (χ3n) is 2.50. The van der Waals surface area contributed by atoms with E-state index in [9.17, 15) is 4.79 Å². The van der Waals surface area contributed by atoms with E-state index >= 15 is 0 Å². The Morgan fingerprint density at radius 2 is 2.32 bits per heavy atom. The molecule has 0 aliphatic heterocycles. The predicted molar refractivity (Wildman–Crippen MR) is 71.6 cm³/mol. The molecule has 2 rings (SSSR count). The highest BCUT2D eigenvalue weighted by molar-refractivity contribution is 6.30. The van der Waals surface area contributed by atoms with Gasteiger partial charge >= 0.3 is 0 Å². The molecule has 6 heteroatoms. The highest BCUT2D eigenvalue weighted by Gasteiger charge is 2.13. The van der Waals surface area contributed by atoms with E-state index in [0.717, 1.165) is 6.42 Å². The lowest BCUT2D eigenvalue weighted by atomic mass is 10.3. The Hall–Kier alpha value is -1.88. The number of aryl methyl sites for hydroxylation is 1. The van der Waals surface area contributed by atoms with Crippen LogP contribution in [0.5, 0.6) is 5.75 Å². The molecule has 2 aromatic rings. The standard InChI is InChI=1S/C13H14ClN3O2/c1-2-6-17-12(8-15-16-17)13(18)9-19-11-5-3-4-10(14)7-11/h3-5,7-8H,2,6,9H2,1H3. The number of aromatic nitrogens is 3. The smallest absolute Gasteiger partial charge is 0.219 e. The van der Waals surface area contributed by atoms with Crippen LogP contribution in [-0.2, 0) is 6.54 Å². The summed E-state index contributed by atoms with van der Waals surface area (Å²) < 4.78 is 6.99. The molecule has 100 valence electrons. The Labute approximate surface area is 116 Å². The number of rotatable bonds is 6. The van der Waals surface area contributed by atoms with Crippen molar-refractivity contribution >= 4 is 17.4 Å². The number of ether oxygens (including phenoxy) is 1. The summed E-state index contributed by atoms with van der Waals surface area (Å²) in [6.07, 6.45) is 2.35. The minimum Gasteiger partial charge on any atom is -0.485 e. The second-order valence-corrected chi connectivity index (χ2v) is 4.45. The van der Waals surface area contributed by atoms with E-state index in [4.69, 9.17) is 16.3 Å². The van der Waals surface area contributed by atoms with Gasteiger partial charge in [0, 0.05) is 11.6 Å². The number of carbonyl (C=O) groups is 1. The molecule has 0 spiro atoms. The number of halogens is 1. The van der Waals surface area contributed by atoms with E-state index in [2.05, 4.69) is 10.3 Å². The first kappa shape index (κ1) is 13.5. The molecular weight excluding hydrogens is 266 g/mol. The van der Waals surface area contributed by atoms with Crippen molar-refractivity contribution in [2.24, 2.45) is 0 Å². The summed E-state index contributed by atoms with van der Waals surface area (Å²) in [5, 5.41) is 8.18. The van der Waals surface area contributed by atoms with Crippen LogP contribution in [-0.4, -0.2) is 27.4 Å². The van der Waals surface area contributed by atoms with Crippen LogP contribution >= 0.6 is 11.6 Å². The van der Waals surface area contributed by atoms with Crippen LogP contribution in [0.25, 0.3) is 0 Å². The van der Waals surface area contributed by atoms with Gasteiger partial charge < -0.3 is 4.74 Å². The molecule has 0 saturated carbocycles. The SMILES string of the molecule is CCCn1nncc1C(=O)COc1cccc(Cl)c1. The number of hydrogen-bond acceptors (Lipinski definition) is 4. The van der Waals surface area contributed by atoms with Crippen molar-refractivity contribution < 1.29 is 9.53 Å². The first-order valence-corrected chi connectivity index (χ1v) is 6.38. The summed E-state index contributed by atoms with van der Waals surface area (Å²) in [4.78, 5) is 12.0. The minimum absolute atomic E-state index is 0.0581. The molecule has 0 fully saturated rings. The fourth-order valence-corrected chi connectivity index (χ4v) is 1.81. The lowest BCUT2D eigenvalue weighted by molar-refractivity contribution is 0.0910. The lowest BCUT2D eigenvalue weighted by Gasteiger charge is -2.06. The van der Waals surface area contributed by atoms with E-state index < -0.39 is 0 Å². The number of Topliss-reactive ketones (excluding diaryl/α,β-unsaturated/α-hetero) is 1. The fraction of sp³-hybridized carbons (Fsp3) is 0.308. The molecule has 0 saturated heterocycles. The van der Waals surface area contributed by atoms with Gasteiger partial charge in [-0.3, -0.25) is 4.79 Å². The van der Waals surface area contributed by atoms with Crippen LogP contribution in [0.4, 0.5) is 0 Å². The van der Waals surface area contributed by atoms with Crippen LogP contribution in [0, 0.1) is 0 Å². The highest BCUT2D eigenvalue weighted by atomic mass is 35.5. The van der Waals surface area contributed by atoms with Crippen LogP contribution in [0.2, 0.25) is 5.02 Å². The van der Waals surface area contributed by atoms with Crippen molar-refractivity contribution in [2.75, 3.05) is 6.61 Å². The van der Waals surface area contributed by atoms with Gasteiger partial charge in [0.25, 0.3) is 0 Å². The van der Waals surface area contributed by atoms with E-state index in [0.29, 0.717) is 23.0 Å². The summed E-state index contributed by atoms with van der Waals surface area (Å²) in [5.74, 6) is 0.411. The lowest BCUT2D eigenvalue weighted by Crippen LogP contribution is -2.17. The quantitative estimate of drug-likeness (QED) is 0.763. The Morgan fingerprint density at radius 3 is 3.05 bits per heavy atom. The molecule has 0 unspecified atom stereocenters. The number of carbonyl (C=O) groups excluding carboxylic acids is 1. The Bertz CT molecular complexity index is 569. The van der Waals surface area contributed by atoms with Crippen molar-refractivity contribution in [1.29, 1.82) is 0 Å². The summed E-state index contributed by atoms with van der Waals surface area (Å²) >= 11 is 5.84. The van der Waals surface area contributed by atoms with E-state index in [1.165, 1.54) is 6.20 Å². The van der Waals surface area contributed by atoms with Crippen molar-refractivity contribution in [2.45, 2.75) is 19.9 Å². The van der Waals surface area contributed by atoms with Gasteiger partial charge in [-0.25, -0.2) is 4.68 Å². The normalized spacial score (nSPS) is 10.4. The van der Waals surface area contributed by atoms with Gasteiger partial charge in [-0.2, -0.15) is 0 Å². The van der Waals surface area contributed by atoms with Gasteiger partial charge in [-0.1, -0.05) is 29.8 Å². The molecule has 0 amide bonds. The number of nitrogens with zero attached hydrogens (tertiary/aromatic N) is 3. The topological polar surface area (TPSA) is 57.0 Å². The fourth-order valence-electron chi connectivity index (χ4n) is 1.63. The third-order valence-corrected chi connectivity index (χ3v) is 2.74.